The van der Waals surface area contributed by atoms with Crippen molar-refractivity contribution < 1.29 is 14.3 Å². The van der Waals surface area contributed by atoms with E-state index in [1.54, 1.807) is 18.5 Å². The zero-order valence-corrected chi connectivity index (χ0v) is 12.6. The van der Waals surface area contributed by atoms with Crippen LogP contribution in [0.3, 0.4) is 0 Å². The molecule has 0 spiro atoms. The SMILES string of the molecule is O=C(CC1OCCCO1)NC1CCCN(c2ncccn2)C1. The predicted molar refractivity (Wildman–Crippen MR) is 80.3 cm³/mol. The monoisotopic (exact) mass is 306 g/mol. The van der Waals surface area contributed by atoms with Crippen molar-refractivity contribution in [3.05, 3.63) is 18.5 Å². The van der Waals surface area contributed by atoms with Crippen molar-refractivity contribution in [2.24, 2.45) is 0 Å². The Morgan fingerprint density at radius 2 is 2.05 bits per heavy atom. The summed E-state index contributed by atoms with van der Waals surface area (Å²) in [5.74, 6) is 0.702. The number of piperidine rings is 1. The van der Waals surface area contributed by atoms with Gasteiger partial charge in [-0.25, -0.2) is 9.97 Å². The van der Waals surface area contributed by atoms with Gasteiger partial charge in [-0.05, 0) is 25.3 Å². The minimum Gasteiger partial charge on any atom is -0.352 e. The number of nitrogens with one attached hydrogen (secondary N) is 1. The molecule has 2 aliphatic heterocycles. The Hall–Kier alpha value is -1.73. The molecule has 3 rings (SSSR count). The van der Waals surface area contributed by atoms with Crippen molar-refractivity contribution in [1.82, 2.24) is 15.3 Å². The van der Waals surface area contributed by atoms with Crippen LogP contribution in [-0.4, -0.2) is 54.5 Å². The molecule has 2 aliphatic rings. The van der Waals surface area contributed by atoms with Gasteiger partial charge >= 0.3 is 0 Å². The molecule has 7 nitrogen and oxygen atoms in total. The van der Waals surface area contributed by atoms with Gasteiger partial charge < -0.3 is 19.7 Å². The van der Waals surface area contributed by atoms with Crippen molar-refractivity contribution in [1.29, 1.82) is 0 Å². The number of amides is 1. The van der Waals surface area contributed by atoms with Crippen molar-refractivity contribution in [3.8, 4) is 0 Å². The molecule has 0 aliphatic carbocycles. The minimum absolute atomic E-state index is 0.0206. The topological polar surface area (TPSA) is 76.6 Å². The van der Waals surface area contributed by atoms with E-state index in [-0.39, 0.29) is 18.4 Å². The Labute approximate surface area is 130 Å². The van der Waals surface area contributed by atoms with Crippen LogP contribution in [0.1, 0.15) is 25.7 Å². The second kappa shape index (κ2) is 7.51. The normalized spacial score (nSPS) is 23.3. The molecule has 1 aromatic heterocycles. The van der Waals surface area contributed by atoms with E-state index in [4.69, 9.17) is 9.47 Å². The fraction of sp³-hybridized carbons (Fsp3) is 0.667. The molecule has 1 atom stereocenters. The molecule has 1 N–H and O–H groups in total. The number of carbonyl (C=O) groups excluding carboxylic acids is 1. The molecule has 3 heterocycles. The molecule has 2 saturated heterocycles. The first kappa shape index (κ1) is 15.2. The molecule has 0 saturated carbocycles. The Morgan fingerprint density at radius 1 is 1.27 bits per heavy atom. The van der Waals surface area contributed by atoms with Crippen LogP contribution in [0.2, 0.25) is 0 Å². The summed E-state index contributed by atoms with van der Waals surface area (Å²) in [6, 6.07) is 1.92. The van der Waals surface area contributed by atoms with Gasteiger partial charge in [0.05, 0.1) is 19.6 Å². The van der Waals surface area contributed by atoms with E-state index < -0.39 is 6.29 Å². The highest BCUT2D eigenvalue weighted by molar-refractivity contribution is 5.76. The second-order valence-corrected chi connectivity index (χ2v) is 5.63. The number of rotatable bonds is 4. The summed E-state index contributed by atoms with van der Waals surface area (Å²) < 4.78 is 10.8. The average molecular weight is 306 g/mol. The van der Waals surface area contributed by atoms with Gasteiger partial charge in [-0.2, -0.15) is 0 Å². The van der Waals surface area contributed by atoms with Crippen LogP contribution < -0.4 is 10.2 Å². The highest BCUT2D eigenvalue weighted by Crippen LogP contribution is 2.16. The summed E-state index contributed by atoms with van der Waals surface area (Å²) in [7, 11) is 0. The Balaban J connectivity index is 1.48. The maximum absolute atomic E-state index is 12.1. The van der Waals surface area contributed by atoms with Crippen molar-refractivity contribution in [3.63, 3.8) is 0 Å². The second-order valence-electron chi connectivity index (χ2n) is 5.63. The van der Waals surface area contributed by atoms with E-state index in [0.29, 0.717) is 13.2 Å². The summed E-state index contributed by atoms with van der Waals surface area (Å²) in [5, 5.41) is 3.07. The van der Waals surface area contributed by atoms with Gasteiger partial charge in [0.15, 0.2) is 6.29 Å². The number of hydrogen-bond acceptors (Lipinski definition) is 6. The van der Waals surface area contributed by atoms with E-state index in [0.717, 1.165) is 38.3 Å². The molecule has 1 amide bonds. The van der Waals surface area contributed by atoms with Crippen LogP contribution in [0, 0.1) is 0 Å². The molecule has 0 bridgehead atoms. The lowest BCUT2D eigenvalue weighted by Gasteiger charge is -2.33. The molecular formula is C15H22N4O3. The number of nitrogens with zero attached hydrogens (tertiary/aromatic N) is 3. The lowest BCUT2D eigenvalue weighted by molar-refractivity contribution is -0.184. The van der Waals surface area contributed by atoms with Gasteiger partial charge in [-0.15, -0.1) is 0 Å². The minimum atomic E-state index is -0.397. The molecular weight excluding hydrogens is 284 g/mol. The number of anilines is 1. The zero-order chi connectivity index (χ0) is 15.2. The van der Waals surface area contributed by atoms with Crippen LogP contribution in [0.15, 0.2) is 18.5 Å². The third-order valence-electron chi connectivity index (χ3n) is 3.87. The summed E-state index contributed by atoms with van der Waals surface area (Å²) in [5.41, 5.74) is 0. The largest absolute Gasteiger partial charge is 0.352 e. The van der Waals surface area contributed by atoms with E-state index in [1.807, 2.05) is 0 Å². The highest BCUT2D eigenvalue weighted by Gasteiger charge is 2.25. The lowest BCUT2D eigenvalue weighted by atomic mass is 10.1. The summed E-state index contributed by atoms with van der Waals surface area (Å²) in [6.07, 6.45) is 6.22. The molecule has 7 heteroatoms. The van der Waals surface area contributed by atoms with Crippen LogP contribution in [0.4, 0.5) is 5.95 Å². The van der Waals surface area contributed by atoms with Crippen LogP contribution in [-0.2, 0) is 14.3 Å². The van der Waals surface area contributed by atoms with Gasteiger partial charge in [-0.1, -0.05) is 0 Å². The van der Waals surface area contributed by atoms with E-state index in [9.17, 15) is 4.79 Å². The van der Waals surface area contributed by atoms with Crippen LogP contribution in [0.25, 0.3) is 0 Å². The third-order valence-corrected chi connectivity index (χ3v) is 3.87. The van der Waals surface area contributed by atoms with Gasteiger partial charge in [-0.3, -0.25) is 4.79 Å². The Kier molecular flexibility index (Phi) is 5.18. The van der Waals surface area contributed by atoms with Gasteiger partial charge in [0.2, 0.25) is 11.9 Å². The smallest absolute Gasteiger partial charge is 0.225 e. The fourth-order valence-electron chi connectivity index (χ4n) is 2.82. The standard InChI is InChI=1S/C15H22N4O3/c20-13(10-14-21-8-3-9-22-14)18-12-4-1-7-19(11-12)15-16-5-2-6-17-15/h2,5-6,12,14H,1,3-4,7-11H2,(H,18,20). The first-order valence-electron chi connectivity index (χ1n) is 7.86. The molecule has 120 valence electrons. The number of carbonyl (C=O) groups is 1. The zero-order valence-electron chi connectivity index (χ0n) is 12.6. The predicted octanol–water partition coefficient (Wildman–Crippen LogP) is 0.715. The Bertz CT molecular complexity index is 479. The summed E-state index contributed by atoms with van der Waals surface area (Å²) in [4.78, 5) is 22.8. The number of ether oxygens (including phenoxy) is 2. The van der Waals surface area contributed by atoms with E-state index in [1.165, 1.54) is 0 Å². The molecule has 0 aromatic carbocycles. The summed E-state index contributed by atoms with van der Waals surface area (Å²) in [6.45, 7) is 2.99. The molecule has 2 fully saturated rings. The quantitative estimate of drug-likeness (QED) is 0.883. The van der Waals surface area contributed by atoms with Gasteiger partial charge in [0.25, 0.3) is 0 Å². The molecule has 1 aromatic rings. The maximum Gasteiger partial charge on any atom is 0.225 e. The fourth-order valence-corrected chi connectivity index (χ4v) is 2.82. The van der Waals surface area contributed by atoms with Gasteiger partial charge in [0.1, 0.15) is 0 Å². The van der Waals surface area contributed by atoms with Crippen LogP contribution >= 0.6 is 0 Å². The molecule has 1 unspecified atom stereocenters. The van der Waals surface area contributed by atoms with Gasteiger partial charge in [0, 0.05) is 31.5 Å². The average Bonchev–Trinajstić information content (AvgIpc) is 2.57. The number of aromatic nitrogens is 2. The van der Waals surface area contributed by atoms with Crippen molar-refractivity contribution >= 4 is 11.9 Å². The summed E-state index contributed by atoms with van der Waals surface area (Å²) >= 11 is 0. The third kappa shape index (κ3) is 4.14. The van der Waals surface area contributed by atoms with E-state index in [2.05, 4.69) is 20.2 Å². The highest BCUT2D eigenvalue weighted by atomic mass is 16.7. The molecule has 0 radical (unpaired) electrons. The van der Waals surface area contributed by atoms with Crippen molar-refractivity contribution in [2.45, 2.75) is 38.0 Å². The van der Waals surface area contributed by atoms with Crippen molar-refractivity contribution in [2.75, 3.05) is 31.2 Å². The number of hydrogen-bond donors (Lipinski definition) is 1. The maximum atomic E-state index is 12.1. The van der Waals surface area contributed by atoms with Crippen LogP contribution in [0.5, 0.6) is 0 Å². The first-order chi connectivity index (χ1) is 10.8. The first-order valence-corrected chi connectivity index (χ1v) is 7.86. The Morgan fingerprint density at radius 3 is 2.82 bits per heavy atom. The lowest BCUT2D eigenvalue weighted by Crippen LogP contribution is -2.49. The van der Waals surface area contributed by atoms with E-state index >= 15 is 0 Å². The molecule has 22 heavy (non-hydrogen) atoms.